The van der Waals surface area contributed by atoms with E-state index in [0.717, 1.165) is 12.0 Å². The minimum Gasteiger partial charge on any atom is -0.354 e. The molecule has 1 amide bonds. The number of rotatable bonds is 17. The molecule has 1 atom stereocenters. The average molecular weight is 389 g/mol. The first-order chi connectivity index (χ1) is 13.7. The summed E-state index contributed by atoms with van der Waals surface area (Å²) in [6.45, 7) is 4.50. The lowest BCUT2D eigenvalue weighted by Gasteiger charge is -2.14. The molecule has 0 aromatic carbocycles. The van der Waals surface area contributed by atoms with Crippen LogP contribution < -0.4 is 5.32 Å². The van der Waals surface area contributed by atoms with E-state index >= 15 is 0 Å². The summed E-state index contributed by atoms with van der Waals surface area (Å²) in [6.07, 6.45) is 22.3. The van der Waals surface area contributed by atoms with Crippen LogP contribution in [-0.4, -0.2) is 17.9 Å². The molecular formula is C25H44N2O. The van der Waals surface area contributed by atoms with Crippen LogP contribution in [0.15, 0.2) is 18.3 Å². The highest BCUT2D eigenvalue weighted by Gasteiger charge is 2.15. The highest BCUT2D eigenvalue weighted by molar-refractivity contribution is 5.93. The molecule has 1 unspecified atom stereocenters. The van der Waals surface area contributed by atoms with E-state index in [1.54, 1.807) is 13.2 Å². The van der Waals surface area contributed by atoms with Crippen molar-refractivity contribution >= 4 is 5.91 Å². The molecule has 0 saturated heterocycles. The molecular weight excluding hydrogens is 344 g/mol. The van der Waals surface area contributed by atoms with Crippen molar-refractivity contribution in [1.29, 1.82) is 0 Å². The van der Waals surface area contributed by atoms with Gasteiger partial charge in [0.05, 0.1) is 0 Å². The van der Waals surface area contributed by atoms with Crippen LogP contribution >= 0.6 is 0 Å². The lowest BCUT2D eigenvalue weighted by Crippen LogP contribution is -2.21. The third-order valence-electron chi connectivity index (χ3n) is 5.80. The lowest BCUT2D eigenvalue weighted by molar-refractivity contribution is 0.0956. The van der Waals surface area contributed by atoms with Crippen LogP contribution in [0, 0.1) is 0 Å². The van der Waals surface area contributed by atoms with E-state index in [-0.39, 0.29) is 5.91 Å². The summed E-state index contributed by atoms with van der Waals surface area (Å²) in [4.78, 5) is 16.2. The van der Waals surface area contributed by atoms with Crippen molar-refractivity contribution in [3.63, 3.8) is 0 Å². The molecule has 1 aromatic rings. The standard InChI is InChI=1S/C25H44N2O/c1-4-5-6-7-8-9-10-11-12-13-14-15-16-17-19-22(2)23-20-18-21-27-24(23)25(28)26-3/h18,20-22H,4-17,19H2,1-3H3,(H,26,28). The normalized spacial score (nSPS) is 12.1. The molecule has 1 heterocycles. The number of unbranched alkanes of at least 4 members (excludes halogenated alkanes) is 13. The third-order valence-corrected chi connectivity index (χ3v) is 5.80. The summed E-state index contributed by atoms with van der Waals surface area (Å²) in [6, 6.07) is 3.98. The van der Waals surface area contributed by atoms with Gasteiger partial charge in [-0.25, -0.2) is 0 Å². The largest absolute Gasteiger partial charge is 0.354 e. The van der Waals surface area contributed by atoms with Crippen molar-refractivity contribution in [2.75, 3.05) is 7.05 Å². The maximum atomic E-state index is 12.0. The number of hydrogen-bond acceptors (Lipinski definition) is 2. The SMILES string of the molecule is CCCCCCCCCCCCCCCCC(C)c1cccnc1C(=O)NC. The summed E-state index contributed by atoms with van der Waals surface area (Å²) in [5, 5.41) is 2.69. The Hall–Kier alpha value is -1.38. The molecule has 3 heteroatoms. The predicted octanol–water partition coefficient (Wildman–Crippen LogP) is 7.42. The Morgan fingerprint density at radius 3 is 1.89 bits per heavy atom. The molecule has 0 aliphatic rings. The maximum Gasteiger partial charge on any atom is 0.269 e. The Morgan fingerprint density at radius 1 is 0.893 bits per heavy atom. The molecule has 1 aromatic heterocycles. The Balaban J connectivity index is 2.01. The summed E-state index contributed by atoms with van der Waals surface area (Å²) < 4.78 is 0. The Labute approximate surface area is 174 Å². The van der Waals surface area contributed by atoms with Gasteiger partial charge < -0.3 is 5.32 Å². The molecule has 0 aliphatic heterocycles. The molecule has 28 heavy (non-hydrogen) atoms. The molecule has 0 fully saturated rings. The number of nitrogens with zero attached hydrogens (tertiary/aromatic N) is 1. The zero-order valence-corrected chi connectivity index (χ0v) is 18.8. The summed E-state index contributed by atoms with van der Waals surface area (Å²) in [5.41, 5.74) is 1.67. The molecule has 1 rings (SSSR count). The second-order valence-electron chi connectivity index (χ2n) is 8.31. The van der Waals surface area contributed by atoms with E-state index < -0.39 is 0 Å². The number of nitrogens with one attached hydrogen (secondary N) is 1. The number of carbonyl (C=O) groups is 1. The van der Waals surface area contributed by atoms with E-state index in [0.29, 0.717) is 11.6 Å². The summed E-state index contributed by atoms with van der Waals surface area (Å²) in [5.74, 6) is 0.307. The zero-order valence-electron chi connectivity index (χ0n) is 18.8. The fourth-order valence-electron chi connectivity index (χ4n) is 3.92. The highest BCUT2D eigenvalue weighted by atomic mass is 16.1. The van der Waals surface area contributed by atoms with E-state index in [1.165, 1.54) is 89.9 Å². The highest BCUT2D eigenvalue weighted by Crippen LogP contribution is 2.24. The van der Waals surface area contributed by atoms with E-state index in [4.69, 9.17) is 0 Å². The van der Waals surface area contributed by atoms with E-state index in [9.17, 15) is 4.79 Å². The third kappa shape index (κ3) is 10.8. The smallest absolute Gasteiger partial charge is 0.269 e. The molecule has 0 saturated carbocycles. The number of hydrogen-bond donors (Lipinski definition) is 1. The fourth-order valence-corrected chi connectivity index (χ4v) is 3.92. The first-order valence-corrected chi connectivity index (χ1v) is 11.9. The van der Waals surface area contributed by atoms with Gasteiger partial charge in [-0.3, -0.25) is 9.78 Å². The number of carbonyl (C=O) groups excluding carboxylic acids is 1. The zero-order chi connectivity index (χ0) is 20.5. The van der Waals surface area contributed by atoms with Gasteiger partial charge in [0.15, 0.2) is 0 Å². The Kier molecular flexibility index (Phi) is 14.6. The van der Waals surface area contributed by atoms with Crippen LogP contribution in [0.25, 0.3) is 0 Å². The van der Waals surface area contributed by atoms with E-state index in [2.05, 4.69) is 24.1 Å². The van der Waals surface area contributed by atoms with Crippen molar-refractivity contribution in [3.8, 4) is 0 Å². The molecule has 0 spiro atoms. The topological polar surface area (TPSA) is 42.0 Å². The first kappa shape index (κ1) is 24.7. The van der Waals surface area contributed by atoms with Crippen molar-refractivity contribution < 1.29 is 4.79 Å². The lowest BCUT2D eigenvalue weighted by atomic mass is 9.93. The predicted molar refractivity (Wildman–Crippen MR) is 121 cm³/mol. The molecule has 160 valence electrons. The number of amides is 1. The molecule has 0 radical (unpaired) electrons. The Morgan fingerprint density at radius 2 is 1.39 bits per heavy atom. The van der Waals surface area contributed by atoms with Crippen molar-refractivity contribution in [2.45, 2.75) is 116 Å². The second kappa shape index (κ2) is 16.6. The molecule has 3 nitrogen and oxygen atoms in total. The van der Waals surface area contributed by atoms with Gasteiger partial charge in [0, 0.05) is 13.2 Å². The fraction of sp³-hybridized carbons (Fsp3) is 0.760. The van der Waals surface area contributed by atoms with Gasteiger partial charge in [0.25, 0.3) is 5.91 Å². The van der Waals surface area contributed by atoms with Crippen LogP contribution in [0.5, 0.6) is 0 Å². The van der Waals surface area contributed by atoms with E-state index in [1.807, 2.05) is 12.1 Å². The van der Waals surface area contributed by atoms with Crippen molar-refractivity contribution in [2.24, 2.45) is 0 Å². The monoisotopic (exact) mass is 388 g/mol. The number of pyridine rings is 1. The molecule has 1 N–H and O–H groups in total. The van der Waals surface area contributed by atoms with Gasteiger partial charge in [-0.1, -0.05) is 110 Å². The minimum atomic E-state index is -0.0802. The minimum absolute atomic E-state index is 0.0802. The molecule has 0 aliphatic carbocycles. The van der Waals surface area contributed by atoms with Crippen molar-refractivity contribution in [3.05, 3.63) is 29.6 Å². The van der Waals surface area contributed by atoms with Crippen LogP contribution in [0.3, 0.4) is 0 Å². The number of aromatic nitrogens is 1. The van der Waals surface area contributed by atoms with Gasteiger partial charge in [0.2, 0.25) is 0 Å². The second-order valence-corrected chi connectivity index (χ2v) is 8.31. The van der Waals surface area contributed by atoms with Crippen LogP contribution in [0.2, 0.25) is 0 Å². The Bertz CT molecular complexity index is 515. The summed E-state index contributed by atoms with van der Waals surface area (Å²) >= 11 is 0. The molecule has 0 bridgehead atoms. The average Bonchev–Trinajstić information content (AvgIpc) is 2.73. The van der Waals surface area contributed by atoms with Gasteiger partial charge in [-0.15, -0.1) is 0 Å². The quantitative estimate of drug-likeness (QED) is 0.282. The van der Waals surface area contributed by atoms with Crippen LogP contribution in [0.1, 0.15) is 132 Å². The van der Waals surface area contributed by atoms with Gasteiger partial charge in [-0.05, 0) is 24.0 Å². The van der Waals surface area contributed by atoms with Gasteiger partial charge >= 0.3 is 0 Å². The maximum absolute atomic E-state index is 12.0. The summed E-state index contributed by atoms with van der Waals surface area (Å²) in [7, 11) is 1.67. The van der Waals surface area contributed by atoms with Gasteiger partial charge in [0.1, 0.15) is 5.69 Å². The first-order valence-electron chi connectivity index (χ1n) is 11.9. The van der Waals surface area contributed by atoms with Crippen LogP contribution in [0.4, 0.5) is 0 Å². The van der Waals surface area contributed by atoms with Crippen molar-refractivity contribution in [1.82, 2.24) is 10.3 Å². The van der Waals surface area contributed by atoms with Gasteiger partial charge in [-0.2, -0.15) is 0 Å². The van der Waals surface area contributed by atoms with Crippen LogP contribution in [-0.2, 0) is 0 Å².